The number of halogens is 1. The average molecular weight is 328 g/mol. The molecule has 1 aromatic rings. The molecule has 0 radical (unpaired) electrons. The van der Waals surface area contributed by atoms with Crippen molar-refractivity contribution in [2.45, 2.75) is 32.7 Å². The summed E-state index contributed by atoms with van der Waals surface area (Å²) in [6.07, 6.45) is 4.44. The van der Waals surface area contributed by atoms with Crippen molar-refractivity contribution in [1.82, 2.24) is 14.9 Å². The van der Waals surface area contributed by atoms with Crippen LogP contribution in [0.4, 0.5) is 11.8 Å². The lowest BCUT2D eigenvalue weighted by molar-refractivity contribution is 0.269. The molecule has 1 saturated heterocycles. The molecule has 1 atom stereocenters. The minimum Gasteiger partial charge on any atom is -0.367 e. The summed E-state index contributed by atoms with van der Waals surface area (Å²) in [5, 5.41) is 6.53. The van der Waals surface area contributed by atoms with Gasteiger partial charge in [-0.2, -0.15) is 4.98 Å². The van der Waals surface area contributed by atoms with Crippen LogP contribution in [0.15, 0.2) is 10.7 Å². The fraction of sp³-hybridized carbons (Fsp3) is 0.692. The first-order valence-electron chi connectivity index (χ1n) is 6.95. The fourth-order valence-corrected chi connectivity index (χ4v) is 2.62. The molecule has 0 bridgehead atoms. The fourth-order valence-electron chi connectivity index (χ4n) is 2.29. The highest BCUT2D eigenvalue weighted by molar-refractivity contribution is 9.10. The van der Waals surface area contributed by atoms with Gasteiger partial charge in [0.15, 0.2) is 0 Å². The summed E-state index contributed by atoms with van der Waals surface area (Å²) < 4.78 is 0.905. The van der Waals surface area contributed by atoms with Gasteiger partial charge >= 0.3 is 0 Å². The molecule has 1 unspecified atom stereocenters. The first-order valence-corrected chi connectivity index (χ1v) is 7.74. The second kappa shape index (κ2) is 7.05. The largest absolute Gasteiger partial charge is 0.367 e. The van der Waals surface area contributed by atoms with E-state index in [0.717, 1.165) is 23.4 Å². The Balaban J connectivity index is 1.92. The van der Waals surface area contributed by atoms with Gasteiger partial charge in [0, 0.05) is 25.3 Å². The van der Waals surface area contributed by atoms with E-state index in [-0.39, 0.29) is 0 Å². The lowest BCUT2D eigenvalue weighted by atomic mass is 10.3. The van der Waals surface area contributed by atoms with E-state index in [1.807, 2.05) is 6.92 Å². The highest BCUT2D eigenvalue weighted by Gasteiger charge is 2.18. The number of hydrogen-bond donors (Lipinski definition) is 2. The number of likely N-dealkylation sites (tertiary alicyclic amines) is 1. The standard InChI is InChI=1S/C13H22BrN5/c1-3-15-13-17-9-11(14)12(18-13)16-8-10(2)19-6-4-5-7-19/h9-10H,3-8H2,1-2H3,(H2,15,16,17,18). The molecular formula is C13H22BrN5. The maximum atomic E-state index is 4.46. The Kier molecular flexibility index (Phi) is 5.39. The topological polar surface area (TPSA) is 53.1 Å². The molecule has 1 aliphatic heterocycles. The summed E-state index contributed by atoms with van der Waals surface area (Å²) in [7, 11) is 0. The third-order valence-electron chi connectivity index (χ3n) is 3.41. The monoisotopic (exact) mass is 327 g/mol. The Labute approximate surface area is 123 Å². The van der Waals surface area contributed by atoms with Crippen molar-refractivity contribution in [3.63, 3.8) is 0 Å². The second-order valence-corrected chi connectivity index (χ2v) is 5.75. The van der Waals surface area contributed by atoms with Crippen LogP contribution in [0.1, 0.15) is 26.7 Å². The van der Waals surface area contributed by atoms with Gasteiger partial charge in [0.25, 0.3) is 0 Å². The highest BCUT2D eigenvalue weighted by atomic mass is 79.9. The molecular weight excluding hydrogens is 306 g/mol. The van der Waals surface area contributed by atoms with Gasteiger partial charge in [-0.05, 0) is 55.7 Å². The van der Waals surface area contributed by atoms with E-state index in [2.05, 4.69) is 48.4 Å². The number of nitrogens with one attached hydrogen (secondary N) is 2. The van der Waals surface area contributed by atoms with Crippen LogP contribution in [-0.4, -0.2) is 47.1 Å². The first kappa shape index (κ1) is 14.5. The minimum absolute atomic E-state index is 0.534. The normalized spacial score (nSPS) is 17.4. The summed E-state index contributed by atoms with van der Waals surface area (Å²) in [4.78, 5) is 11.2. The van der Waals surface area contributed by atoms with E-state index in [9.17, 15) is 0 Å². The van der Waals surface area contributed by atoms with Crippen LogP contribution < -0.4 is 10.6 Å². The van der Waals surface area contributed by atoms with Gasteiger partial charge in [-0.3, -0.25) is 4.90 Å². The zero-order valence-corrected chi connectivity index (χ0v) is 13.2. The number of rotatable bonds is 6. The summed E-state index contributed by atoms with van der Waals surface area (Å²) in [6.45, 7) is 8.46. The van der Waals surface area contributed by atoms with Crippen LogP contribution in [0, 0.1) is 0 Å². The molecule has 6 heteroatoms. The molecule has 0 aliphatic carbocycles. The number of nitrogens with zero attached hydrogens (tertiary/aromatic N) is 3. The molecule has 19 heavy (non-hydrogen) atoms. The minimum atomic E-state index is 0.534. The molecule has 2 N–H and O–H groups in total. The summed E-state index contributed by atoms with van der Waals surface area (Å²) >= 11 is 3.49. The van der Waals surface area contributed by atoms with Crippen LogP contribution in [0.2, 0.25) is 0 Å². The highest BCUT2D eigenvalue weighted by Crippen LogP contribution is 2.20. The van der Waals surface area contributed by atoms with Gasteiger partial charge in [-0.25, -0.2) is 4.98 Å². The Hall–Kier alpha value is -0.880. The third kappa shape index (κ3) is 4.04. The number of hydrogen-bond acceptors (Lipinski definition) is 5. The number of aromatic nitrogens is 2. The molecule has 0 amide bonds. The van der Waals surface area contributed by atoms with E-state index in [0.29, 0.717) is 12.0 Å². The Bertz CT molecular complexity index is 406. The Morgan fingerprint density at radius 2 is 2.11 bits per heavy atom. The van der Waals surface area contributed by atoms with Crippen molar-refractivity contribution in [1.29, 1.82) is 0 Å². The van der Waals surface area contributed by atoms with Crippen LogP contribution in [0.25, 0.3) is 0 Å². The van der Waals surface area contributed by atoms with Gasteiger partial charge in [-0.1, -0.05) is 0 Å². The molecule has 1 aliphatic rings. The van der Waals surface area contributed by atoms with Crippen LogP contribution in [0.3, 0.4) is 0 Å². The average Bonchev–Trinajstić information content (AvgIpc) is 2.93. The Morgan fingerprint density at radius 1 is 1.37 bits per heavy atom. The smallest absolute Gasteiger partial charge is 0.224 e. The van der Waals surface area contributed by atoms with Gasteiger partial charge in [-0.15, -0.1) is 0 Å². The molecule has 5 nitrogen and oxygen atoms in total. The van der Waals surface area contributed by atoms with Gasteiger partial charge in [0.05, 0.1) is 4.47 Å². The SMILES string of the molecule is CCNc1ncc(Br)c(NCC(C)N2CCCC2)n1. The zero-order chi connectivity index (χ0) is 13.7. The predicted molar refractivity (Wildman–Crippen MR) is 82.7 cm³/mol. The predicted octanol–water partition coefficient (Wildman–Crippen LogP) is 2.57. The number of anilines is 2. The van der Waals surface area contributed by atoms with Crippen LogP contribution >= 0.6 is 15.9 Å². The quantitative estimate of drug-likeness (QED) is 0.841. The summed E-state index contributed by atoms with van der Waals surface area (Å²) in [5.41, 5.74) is 0. The van der Waals surface area contributed by atoms with E-state index >= 15 is 0 Å². The second-order valence-electron chi connectivity index (χ2n) is 4.89. The van der Waals surface area contributed by atoms with Crippen molar-refractivity contribution in [3.8, 4) is 0 Å². The van der Waals surface area contributed by atoms with Crippen molar-refractivity contribution >= 4 is 27.7 Å². The lowest BCUT2D eigenvalue weighted by Gasteiger charge is -2.24. The molecule has 2 rings (SSSR count). The maximum Gasteiger partial charge on any atom is 0.224 e. The van der Waals surface area contributed by atoms with Crippen molar-refractivity contribution in [2.24, 2.45) is 0 Å². The van der Waals surface area contributed by atoms with Crippen LogP contribution in [-0.2, 0) is 0 Å². The van der Waals surface area contributed by atoms with E-state index < -0.39 is 0 Å². The van der Waals surface area contributed by atoms with E-state index in [1.54, 1.807) is 6.20 Å². The van der Waals surface area contributed by atoms with Crippen molar-refractivity contribution < 1.29 is 0 Å². The third-order valence-corrected chi connectivity index (χ3v) is 3.99. The first-order chi connectivity index (χ1) is 9.20. The van der Waals surface area contributed by atoms with Gasteiger partial charge < -0.3 is 10.6 Å². The van der Waals surface area contributed by atoms with E-state index in [4.69, 9.17) is 0 Å². The maximum absolute atomic E-state index is 4.46. The molecule has 0 aromatic carbocycles. The Morgan fingerprint density at radius 3 is 2.79 bits per heavy atom. The van der Waals surface area contributed by atoms with Crippen LogP contribution in [0.5, 0.6) is 0 Å². The van der Waals surface area contributed by atoms with E-state index in [1.165, 1.54) is 25.9 Å². The molecule has 106 valence electrons. The van der Waals surface area contributed by atoms with Gasteiger partial charge in [0.1, 0.15) is 5.82 Å². The lowest BCUT2D eigenvalue weighted by Crippen LogP contribution is -2.35. The summed E-state index contributed by atoms with van der Waals surface area (Å²) in [6, 6.07) is 0.534. The van der Waals surface area contributed by atoms with Crippen molar-refractivity contribution in [2.75, 3.05) is 36.8 Å². The zero-order valence-electron chi connectivity index (χ0n) is 11.6. The van der Waals surface area contributed by atoms with Crippen molar-refractivity contribution in [3.05, 3.63) is 10.7 Å². The summed E-state index contributed by atoms with van der Waals surface area (Å²) in [5.74, 6) is 1.53. The molecule has 2 heterocycles. The van der Waals surface area contributed by atoms with Gasteiger partial charge in [0.2, 0.25) is 5.95 Å². The molecule has 0 spiro atoms. The molecule has 1 fully saturated rings. The molecule has 0 saturated carbocycles. The molecule has 1 aromatic heterocycles.